The summed E-state index contributed by atoms with van der Waals surface area (Å²) in [6, 6.07) is 8.40. The largest absolute Gasteiger partial charge is 0.358 e. The first-order chi connectivity index (χ1) is 13.9. The number of aliphatic imine (C=N–C) groups is 1. The zero-order chi connectivity index (χ0) is 20.7. The van der Waals surface area contributed by atoms with E-state index in [1.807, 2.05) is 0 Å². The van der Waals surface area contributed by atoms with Crippen molar-refractivity contribution in [1.82, 2.24) is 15.1 Å². The van der Waals surface area contributed by atoms with Gasteiger partial charge in [-0.1, -0.05) is 29.8 Å². The minimum atomic E-state index is -0.491. The number of non-ortho nitro benzene ring substituents is 1. The SMILES string of the molecule is CN(C)C(=O)C1=CNc2c(cc([N+](=O)[O-])c3[nH]ncc23)C(c2ccccc2Cl)=N1. The minimum absolute atomic E-state index is 0.139. The lowest BCUT2D eigenvalue weighted by Crippen LogP contribution is -2.23. The van der Waals surface area contributed by atoms with Gasteiger partial charge in [0.25, 0.3) is 11.6 Å². The number of amides is 1. The number of anilines is 1. The molecule has 0 spiro atoms. The van der Waals surface area contributed by atoms with Gasteiger partial charge in [0.1, 0.15) is 11.2 Å². The summed E-state index contributed by atoms with van der Waals surface area (Å²) >= 11 is 6.40. The van der Waals surface area contributed by atoms with E-state index in [1.54, 1.807) is 38.4 Å². The van der Waals surface area contributed by atoms with Crippen molar-refractivity contribution in [3.05, 3.63) is 74.7 Å². The molecule has 0 fully saturated rings. The van der Waals surface area contributed by atoms with E-state index in [9.17, 15) is 14.9 Å². The van der Waals surface area contributed by atoms with Crippen LogP contribution in [0.1, 0.15) is 11.1 Å². The summed E-state index contributed by atoms with van der Waals surface area (Å²) in [6.07, 6.45) is 2.97. The van der Waals surface area contributed by atoms with Crippen molar-refractivity contribution in [2.45, 2.75) is 0 Å². The standard InChI is InChI=1S/C19H15ClN6O3/c1-25(2)19(27)14-9-21-16-11(17(23-14)10-5-3-4-6-13(10)20)7-15(26(28)29)18-12(16)8-22-24-18/h3-9,21H,1-2H3,(H,22,24). The van der Waals surface area contributed by atoms with Crippen molar-refractivity contribution in [2.75, 3.05) is 19.4 Å². The van der Waals surface area contributed by atoms with Gasteiger partial charge in [-0.3, -0.25) is 20.0 Å². The smallest absolute Gasteiger partial charge is 0.295 e. The highest BCUT2D eigenvalue weighted by molar-refractivity contribution is 6.36. The number of aromatic amines is 1. The van der Waals surface area contributed by atoms with E-state index < -0.39 is 4.92 Å². The number of halogens is 1. The molecule has 0 saturated carbocycles. The number of nitrogens with one attached hydrogen (secondary N) is 2. The maximum absolute atomic E-state index is 12.6. The number of hydrogen-bond acceptors (Lipinski definition) is 6. The lowest BCUT2D eigenvalue weighted by molar-refractivity contribution is -0.383. The normalized spacial score (nSPS) is 13.1. The number of benzene rings is 2. The molecule has 0 aliphatic carbocycles. The van der Waals surface area contributed by atoms with Gasteiger partial charge in [0.15, 0.2) is 0 Å². The van der Waals surface area contributed by atoms with Gasteiger partial charge in [0.05, 0.1) is 27.9 Å². The fourth-order valence-corrected chi connectivity index (χ4v) is 3.36. The summed E-state index contributed by atoms with van der Waals surface area (Å²) in [6.45, 7) is 0. The van der Waals surface area contributed by atoms with E-state index in [4.69, 9.17) is 11.6 Å². The third-order valence-corrected chi connectivity index (χ3v) is 4.84. The summed E-state index contributed by atoms with van der Waals surface area (Å²) in [5, 5.41) is 22.3. The Balaban J connectivity index is 2.07. The van der Waals surface area contributed by atoms with Crippen LogP contribution < -0.4 is 5.32 Å². The van der Waals surface area contributed by atoms with Gasteiger partial charge in [-0.25, -0.2) is 4.99 Å². The van der Waals surface area contributed by atoms with Crippen LogP contribution in [0, 0.1) is 10.1 Å². The highest BCUT2D eigenvalue weighted by Gasteiger charge is 2.27. The number of fused-ring (bicyclic) bond motifs is 3. The Morgan fingerprint density at radius 1 is 1.24 bits per heavy atom. The van der Waals surface area contributed by atoms with Crippen LogP contribution in [0.4, 0.5) is 11.4 Å². The molecule has 29 heavy (non-hydrogen) atoms. The van der Waals surface area contributed by atoms with E-state index in [1.165, 1.54) is 23.4 Å². The Hall–Kier alpha value is -3.72. The first kappa shape index (κ1) is 18.6. The Morgan fingerprint density at radius 2 is 2.00 bits per heavy atom. The number of nitro benzene ring substituents is 1. The number of hydrogen-bond donors (Lipinski definition) is 2. The Morgan fingerprint density at radius 3 is 2.69 bits per heavy atom. The van der Waals surface area contributed by atoms with Gasteiger partial charge in [-0.2, -0.15) is 5.10 Å². The van der Waals surface area contributed by atoms with Gasteiger partial charge in [-0.15, -0.1) is 0 Å². The highest BCUT2D eigenvalue weighted by atomic mass is 35.5. The molecule has 2 heterocycles. The molecular weight excluding hydrogens is 396 g/mol. The summed E-state index contributed by atoms with van der Waals surface area (Å²) in [4.78, 5) is 29.7. The van der Waals surface area contributed by atoms with Crippen molar-refractivity contribution in [3.8, 4) is 0 Å². The Bertz CT molecular complexity index is 1230. The average molecular weight is 411 g/mol. The molecule has 1 aliphatic rings. The third kappa shape index (κ3) is 3.11. The summed E-state index contributed by atoms with van der Waals surface area (Å²) in [7, 11) is 3.23. The predicted octanol–water partition coefficient (Wildman–Crippen LogP) is 3.32. The van der Waals surface area contributed by atoms with Crippen molar-refractivity contribution in [1.29, 1.82) is 0 Å². The second-order valence-electron chi connectivity index (χ2n) is 6.55. The molecule has 1 amide bonds. The molecule has 2 aromatic carbocycles. The maximum Gasteiger partial charge on any atom is 0.295 e. The second-order valence-corrected chi connectivity index (χ2v) is 6.95. The molecule has 146 valence electrons. The molecule has 0 bridgehead atoms. The highest BCUT2D eigenvalue weighted by Crippen LogP contribution is 2.37. The average Bonchev–Trinajstić information content (AvgIpc) is 3.10. The molecule has 1 aromatic heterocycles. The summed E-state index contributed by atoms with van der Waals surface area (Å²) < 4.78 is 0. The second kappa shape index (κ2) is 7.02. The lowest BCUT2D eigenvalue weighted by atomic mass is 9.97. The molecule has 2 N–H and O–H groups in total. The summed E-state index contributed by atoms with van der Waals surface area (Å²) in [5.41, 5.74) is 2.14. The molecule has 3 aromatic rings. The molecule has 0 radical (unpaired) electrons. The van der Waals surface area contributed by atoms with Gasteiger partial charge in [0.2, 0.25) is 0 Å². The fraction of sp³-hybridized carbons (Fsp3) is 0.105. The first-order valence-electron chi connectivity index (χ1n) is 8.55. The van der Waals surface area contributed by atoms with E-state index >= 15 is 0 Å². The van der Waals surface area contributed by atoms with Crippen molar-refractivity contribution in [2.24, 2.45) is 4.99 Å². The number of likely N-dealkylation sites (N-methyl/N-ethyl adjacent to an activating group) is 1. The monoisotopic (exact) mass is 410 g/mol. The lowest BCUT2D eigenvalue weighted by Gasteiger charge is -2.13. The zero-order valence-electron chi connectivity index (χ0n) is 15.4. The van der Waals surface area contributed by atoms with Crippen molar-refractivity contribution in [3.63, 3.8) is 0 Å². The molecule has 4 rings (SSSR count). The van der Waals surface area contributed by atoms with Crippen molar-refractivity contribution >= 4 is 45.5 Å². The van der Waals surface area contributed by atoms with Gasteiger partial charge in [0, 0.05) is 42.5 Å². The third-order valence-electron chi connectivity index (χ3n) is 4.51. The topological polar surface area (TPSA) is 117 Å². The zero-order valence-corrected chi connectivity index (χ0v) is 16.2. The van der Waals surface area contributed by atoms with Crippen LogP contribution in [-0.2, 0) is 4.79 Å². The number of nitrogens with zero attached hydrogens (tertiary/aromatic N) is 4. The number of rotatable bonds is 3. The van der Waals surface area contributed by atoms with Gasteiger partial charge < -0.3 is 10.2 Å². The van der Waals surface area contributed by atoms with Crippen LogP contribution in [0.2, 0.25) is 5.02 Å². The van der Waals surface area contributed by atoms with E-state index in [0.29, 0.717) is 32.9 Å². The van der Waals surface area contributed by atoms with Crippen LogP contribution in [-0.4, -0.2) is 45.7 Å². The molecule has 9 nitrogen and oxygen atoms in total. The minimum Gasteiger partial charge on any atom is -0.358 e. The van der Waals surface area contributed by atoms with Crippen LogP contribution in [0.15, 0.2) is 53.4 Å². The molecule has 1 aliphatic heterocycles. The molecule has 0 atom stereocenters. The van der Waals surface area contributed by atoms with Gasteiger partial charge in [-0.05, 0) is 6.07 Å². The number of carbonyl (C=O) groups is 1. The van der Waals surface area contributed by atoms with Crippen LogP contribution in [0.3, 0.4) is 0 Å². The number of H-pyrrole nitrogens is 1. The number of nitro groups is 1. The number of carbonyl (C=O) groups excluding carboxylic acids is 1. The molecule has 10 heteroatoms. The fourth-order valence-electron chi connectivity index (χ4n) is 3.13. The van der Waals surface area contributed by atoms with E-state index in [-0.39, 0.29) is 22.8 Å². The van der Waals surface area contributed by atoms with Gasteiger partial charge >= 0.3 is 0 Å². The molecular formula is C19H15ClN6O3. The van der Waals surface area contributed by atoms with E-state index in [0.717, 1.165) is 0 Å². The number of aromatic nitrogens is 2. The van der Waals surface area contributed by atoms with Crippen LogP contribution in [0.5, 0.6) is 0 Å². The summed E-state index contributed by atoms with van der Waals surface area (Å²) in [5.74, 6) is -0.326. The Kier molecular flexibility index (Phi) is 4.51. The van der Waals surface area contributed by atoms with Crippen LogP contribution in [0.25, 0.3) is 10.9 Å². The molecule has 0 unspecified atom stereocenters. The Labute approximate surface area is 169 Å². The van der Waals surface area contributed by atoms with Crippen LogP contribution >= 0.6 is 11.6 Å². The first-order valence-corrected chi connectivity index (χ1v) is 8.93. The maximum atomic E-state index is 12.6. The quantitative estimate of drug-likeness (QED) is 0.507. The predicted molar refractivity (Wildman–Crippen MR) is 110 cm³/mol. The molecule has 0 saturated heterocycles. The van der Waals surface area contributed by atoms with E-state index in [2.05, 4.69) is 20.5 Å². The van der Waals surface area contributed by atoms with Crippen molar-refractivity contribution < 1.29 is 9.72 Å².